The number of aliphatic hydroxyl groups is 2. The Kier molecular flexibility index (Phi) is 10.5. The number of hydrogen-bond donors (Lipinski definition) is 3. The first-order valence-electron chi connectivity index (χ1n) is 12.9. The molecule has 2 amide bonds. The Morgan fingerprint density at radius 3 is 2.26 bits per heavy atom. The summed E-state index contributed by atoms with van der Waals surface area (Å²) < 4.78 is 15.2. The third-order valence-corrected chi connectivity index (χ3v) is 7.05. The molecule has 1 aliphatic rings. The molecule has 0 aliphatic carbocycles. The van der Waals surface area contributed by atoms with Gasteiger partial charge in [0.15, 0.2) is 6.10 Å². The van der Waals surface area contributed by atoms with E-state index >= 15 is 4.39 Å². The lowest BCUT2D eigenvalue weighted by molar-refractivity contribution is -0.146. The van der Waals surface area contributed by atoms with Crippen molar-refractivity contribution < 1.29 is 24.2 Å². The Labute approximate surface area is 229 Å². The molecule has 0 radical (unpaired) electrons. The number of carbonyl (C=O) groups excluding carboxylic acids is 2. The van der Waals surface area contributed by atoms with Crippen LogP contribution in [-0.2, 0) is 9.59 Å². The van der Waals surface area contributed by atoms with Crippen molar-refractivity contribution in [3.8, 4) is 0 Å². The van der Waals surface area contributed by atoms with Crippen molar-refractivity contribution in [2.45, 2.75) is 38.5 Å². The van der Waals surface area contributed by atoms with Gasteiger partial charge in [-0.2, -0.15) is 0 Å². The third-order valence-electron chi connectivity index (χ3n) is 6.79. The van der Waals surface area contributed by atoms with E-state index in [1.165, 1.54) is 11.0 Å². The van der Waals surface area contributed by atoms with E-state index in [0.29, 0.717) is 47.9 Å². The summed E-state index contributed by atoms with van der Waals surface area (Å²) in [5.74, 6) is -1.06. The maximum absolute atomic E-state index is 15.2. The van der Waals surface area contributed by atoms with Gasteiger partial charge in [0.2, 0.25) is 5.91 Å². The highest BCUT2D eigenvalue weighted by atomic mass is 35.5. The van der Waals surface area contributed by atoms with Gasteiger partial charge in [-0.15, -0.1) is 0 Å². The van der Waals surface area contributed by atoms with E-state index in [1.54, 1.807) is 30.3 Å². The number of para-hydroxylation sites is 1. The number of nitrogens with one attached hydrogen (secondary N) is 1. The Balaban J connectivity index is 1.71. The second kappa shape index (κ2) is 13.4. The lowest BCUT2D eigenvalue weighted by Gasteiger charge is -2.39. The zero-order chi connectivity index (χ0) is 28.0. The molecular formula is C28H38ClFN4O4. The van der Waals surface area contributed by atoms with Crippen molar-refractivity contribution in [2.24, 2.45) is 5.92 Å². The molecule has 1 heterocycles. The number of nitrogens with zero attached hydrogens (tertiary/aromatic N) is 3. The fourth-order valence-electron chi connectivity index (χ4n) is 4.61. The maximum atomic E-state index is 15.2. The van der Waals surface area contributed by atoms with Crippen LogP contribution < -0.4 is 10.2 Å². The van der Waals surface area contributed by atoms with Gasteiger partial charge in [-0.3, -0.25) is 9.59 Å². The zero-order valence-electron chi connectivity index (χ0n) is 22.4. The lowest BCUT2D eigenvalue weighted by atomic mass is 9.93. The molecule has 2 unspecified atom stereocenters. The van der Waals surface area contributed by atoms with Gasteiger partial charge in [0.25, 0.3) is 5.91 Å². The molecule has 0 bridgehead atoms. The number of aliphatic hydroxyl groups excluding tert-OH is 2. The summed E-state index contributed by atoms with van der Waals surface area (Å²) in [5.41, 5.74) is 1.49. The van der Waals surface area contributed by atoms with Crippen molar-refractivity contribution >= 4 is 29.1 Å². The van der Waals surface area contributed by atoms with Crippen LogP contribution in [0.3, 0.4) is 0 Å². The van der Waals surface area contributed by atoms with Crippen LogP contribution >= 0.6 is 11.6 Å². The monoisotopic (exact) mass is 548 g/mol. The maximum Gasteiger partial charge on any atom is 0.254 e. The predicted octanol–water partition coefficient (Wildman–Crippen LogP) is 2.99. The largest absolute Gasteiger partial charge is 0.385 e. The van der Waals surface area contributed by atoms with Gasteiger partial charge in [0.05, 0.1) is 11.7 Å². The second-order valence-electron chi connectivity index (χ2n) is 10.3. The number of amides is 2. The molecule has 10 heteroatoms. The zero-order valence-corrected chi connectivity index (χ0v) is 23.2. The average molecular weight is 549 g/mol. The molecule has 3 rings (SSSR count). The number of anilines is 1. The molecule has 2 aromatic rings. The Hall–Kier alpha value is -2.72. The number of halogens is 2. The SMILES string of the molecule is CC(C)C(NC(=O)CCN(C)C)c1cccc(F)c1N1CCN(C(=O)[C@@H](O)C(O)c2ccc(Cl)cc2)CC1. The van der Waals surface area contributed by atoms with Crippen molar-refractivity contribution in [2.75, 3.05) is 51.7 Å². The van der Waals surface area contributed by atoms with Crippen LogP contribution in [0.25, 0.3) is 0 Å². The Morgan fingerprint density at radius 2 is 1.68 bits per heavy atom. The molecule has 3 atom stereocenters. The molecule has 0 aromatic heterocycles. The highest BCUT2D eigenvalue weighted by Gasteiger charge is 2.33. The summed E-state index contributed by atoms with van der Waals surface area (Å²) in [4.78, 5) is 30.8. The minimum absolute atomic E-state index is 0.0197. The van der Waals surface area contributed by atoms with Gasteiger partial charge in [-0.25, -0.2) is 4.39 Å². The fraction of sp³-hybridized carbons (Fsp3) is 0.500. The molecule has 1 fully saturated rings. The van der Waals surface area contributed by atoms with E-state index in [9.17, 15) is 19.8 Å². The number of rotatable bonds is 10. The first-order valence-corrected chi connectivity index (χ1v) is 13.2. The topological polar surface area (TPSA) is 96.4 Å². The van der Waals surface area contributed by atoms with E-state index < -0.39 is 23.9 Å². The summed E-state index contributed by atoms with van der Waals surface area (Å²) in [5, 5.41) is 24.6. The van der Waals surface area contributed by atoms with E-state index in [1.807, 2.05) is 43.8 Å². The molecule has 1 saturated heterocycles. The minimum Gasteiger partial charge on any atom is -0.385 e. The predicted molar refractivity (Wildman–Crippen MR) is 147 cm³/mol. The highest BCUT2D eigenvalue weighted by molar-refractivity contribution is 6.30. The smallest absolute Gasteiger partial charge is 0.254 e. The minimum atomic E-state index is -1.63. The number of piperazine rings is 1. The molecule has 3 N–H and O–H groups in total. The number of carbonyl (C=O) groups is 2. The second-order valence-corrected chi connectivity index (χ2v) is 10.7. The van der Waals surface area contributed by atoms with Gasteiger partial charge in [-0.1, -0.05) is 49.7 Å². The van der Waals surface area contributed by atoms with Crippen molar-refractivity contribution in [3.05, 3.63) is 64.4 Å². The van der Waals surface area contributed by atoms with Gasteiger partial charge < -0.3 is 30.2 Å². The molecular weight excluding hydrogens is 511 g/mol. The van der Waals surface area contributed by atoms with E-state index in [2.05, 4.69) is 5.32 Å². The molecule has 1 aliphatic heterocycles. The summed E-state index contributed by atoms with van der Waals surface area (Å²) in [7, 11) is 3.80. The highest BCUT2D eigenvalue weighted by Crippen LogP contribution is 2.34. The van der Waals surface area contributed by atoms with Crippen molar-refractivity contribution in [1.82, 2.24) is 15.1 Å². The van der Waals surface area contributed by atoms with Gasteiger partial charge >= 0.3 is 0 Å². The number of hydrogen-bond acceptors (Lipinski definition) is 6. The quantitative estimate of drug-likeness (QED) is 0.422. The van der Waals surface area contributed by atoms with Crippen LogP contribution in [0.5, 0.6) is 0 Å². The van der Waals surface area contributed by atoms with Crippen LogP contribution in [0, 0.1) is 11.7 Å². The fourth-order valence-corrected chi connectivity index (χ4v) is 4.73. The summed E-state index contributed by atoms with van der Waals surface area (Å²) in [6.45, 7) is 5.75. The van der Waals surface area contributed by atoms with Gasteiger partial charge in [0, 0.05) is 49.7 Å². The molecule has 2 aromatic carbocycles. The molecule has 208 valence electrons. The van der Waals surface area contributed by atoms with Crippen LogP contribution in [0.15, 0.2) is 42.5 Å². The summed E-state index contributed by atoms with van der Waals surface area (Å²) >= 11 is 5.88. The first-order chi connectivity index (χ1) is 18.0. The van der Waals surface area contributed by atoms with Crippen molar-refractivity contribution in [1.29, 1.82) is 0 Å². The van der Waals surface area contributed by atoms with Crippen molar-refractivity contribution in [3.63, 3.8) is 0 Å². The van der Waals surface area contributed by atoms with Crippen LogP contribution in [0.4, 0.5) is 10.1 Å². The van der Waals surface area contributed by atoms with Crippen LogP contribution in [0.2, 0.25) is 5.02 Å². The number of benzene rings is 2. The third kappa shape index (κ3) is 7.44. The summed E-state index contributed by atoms with van der Waals surface area (Å²) in [6, 6.07) is 10.8. The normalized spacial score (nSPS) is 16.5. The molecule has 8 nitrogen and oxygen atoms in total. The van der Waals surface area contributed by atoms with Crippen LogP contribution in [0.1, 0.15) is 43.5 Å². The first kappa shape index (κ1) is 29.8. The Morgan fingerprint density at radius 1 is 1.05 bits per heavy atom. The Bertz CT molecular complexity index is 1090. The molecule has 0 spiro atoms. The average Bonchev–Trinajstić information content (AvgIpc) is 2.89. The molecule has 0 saturated carbocycles. The van der Waals surface area contributed by atoms with E-state index in [4.69, 9.17) is 11.6 Å². The van der Waals surface area contributed by atoms with E-state index in [0.717, 1.165) is 0 Å². The van der Waals surface area contributed by atoms with Gasteiger partial charge in [0.1, 0.15) is 11.9 Å². The van der Waals surface area contributed by atoms with E-state index in [-0.39, 0.29) is 31.0 Å². The van der Waals surface area contributed by atoms with Gasteiger partial charge in [-0.05, 0) is 43.8 Å². The molecule has 38 heavy (non-hydrogen) atoms. The standard InChI is InChI=1S/C28H38ClFN4O4/c1-18(2)24(31-23(35)12-13-32(3)4)21-6-5-7-22(30)25(21)33-14-16-34(17-15-33)28(38)27(37)26(36)19-8-10-20(29)11-9-19/h5-11,18,24,26-27,36-37H,12-17H2,1-4H3,(H,31,35)/t24?,26?,27-/m0/s1. The summed E-state index contributed by atoms with van der Waals surface area (Å²) in [6.07, 6.45) is -2.68. The lowest BCUT2D eigenvalue weighted by Crippen LogP contribution is -2.53. The van der Waals surface area contributed by atoms with Crippen LogP contribution in [-0.4, -0.2) is 84.8 Å².